The highest BCUT2D eigenvalue weighted by Crippen LogP contribution is 2.38. The molecule has 2 aliphatic rings. The molecule has 9 heteroatoms. The molecule has 0 aliphatic carbocycles. The number of amidine groups is 2. The number of thioether (sulfide) groups is 1. The normalized spacial score (nSPS) is 15.6. The van der Waals surface area contributed by atoms with Crippen LogP contribution in [0.2, 0.25) is 0 Å². The summed E-state index contributed by atoms with van der Waals surface area (Å²) in [4.78, 5) is 18.6. The molecule has 204 valence electrons. The van der Waals surface area contributed by atoms with Gasteiger partial charge in [0.2, 0.25) is 0 Å². The zero-order valence-corrected chi connectivity index (χ0v) is 23.0. The van der Waals surface area contributed by atoms with Gasteiger partial charge in [-0.1, -0.05) is 36.9 Å². The molecule has 7 nitrogen and oxygen atoms in total. The second-order valence-corrected chi connectivity index (χ2v) is 9.86. The van der Waals surface area contributed by atoms with Crippen LogP contribution in [0.1, 0.15) is 30.0 Å². The summed E-state index contributed by atoms with van der Waals surface area (Å²) in [6, 6.07) is 19.4. The van der Waals surface area contributed by atoms with E-state index in [4.69, 9.17) is 19.6 Å². The summed E-state index contributed by atoms with van der Waals surface area (Å²) in [6.45, 7) is 3.08. The fraction of sp³-hybridized carbons (Fsp3) is 0.194. The number of methoxy groups -OCH3 is 1. The van der Waals surface area contributed by atoms with Crippen molar-refractivity contribution in [2.24, 2.45) is 4.99 Å². The molecule has 0 radical (unpaired) electrons. The van der Waals surface area contributed by atoms with Crippen LogP contribution in [-0.2, 0) is 11.2 Å². The number of carbonyl (C=O) groups excluding carboxylic acids is 1. The Morgan fingerprint density at radius 3 is 2.48 bits per heavy atom. The molecule has 0 unspecified atom stereocenters. The molecule has 2 aliphatic heterocycles. The number of rotatable bonds is 10. The Labute approximate surface area is 236 Å². The highest BCUT2D eigenvalue weighted by Gasteiger charge is 2.36. The first kappa shape index (κ1) is 27.2. The van der Waals surface area contributed by atoms with Gasteiger partial charge in [0.1, 0.15) is 17.4 Å². The summed E-state index contributed by atoms with van der Waals surface area (Å²) in [5, 5.41) is 11.0. The van der Waals surface area contributed by atoms with Crippen LogP contribution in [0.3, 0.4) is 0 Å². The van der Waals surface area contributed by atoms with Gasteiger partial charge in [-0.05, 0) is 77.7 Å². The third kappa shape index (κ3) is 5.94. The van der Waals surface area contributed by atoms with Gasteiger partial charge < -0.3 is 14.2 Å². The molecule has 40 heavy (non-hydrogen) atoms. The molecule has 1 amide bonds. The summed E-state index contributed by atoms with van der Waals surface area (Å²) in [6.07, 6.45) is 3.29. The molecule has 0 saturated heterocycles. The minimum absolute atomic E-state index is 0.000739. The third-order valence-corrected chi connectivity index (χ3v) is 7.23. The van der Waals surface area contributed by atoms with Crippen molar-refractivity contribution in [1.29, 1.82) is 5.41 Å². The number of fused-ring (bicyclic) bond motifs is 1. The Bertz CT molecular complexity index is 1510. The maximum Gasteiger partial charge on any atom is 0.283 e. The lowest BCUT2D eigenvalue weighted by Gasteiger charge is -2.27. The van der Waals surface area contributed by atoms with Crippen LogP contribution in [-0.4, -0.2) is 42.1 Å². The van der Waals surface area contributed by atoms with Crippen molar-refractivity contribution in [3.63, 3.8) is 0 Å². The van der Waals surface area contributed by atoms with Crippen molar-refractivity contribution in [1.82, 2.24) is 4.90 Å². The average Bonchev–Trinajstić information content (AvgIpc) is 3.40. The Kier molecular flexibility index (Phi) is 8.31. The van der Waals surface area contributed by atoms with Gasteiger partial charge in [0.25, 0.3) is 5.91 Å². The molecule has 0 spiro atoms. The van der Waals surface area contributed by atoms with Crippen molar-refractivity contribution in [2.45, 2.75) is 19.8 Å². The van der Waals surface area contributed by atoms with Gasteiger partial charge in [-0.25, -0.2) is 4.39 Å². The quantitative estimate of drug-likeness (QED) is 0.225. The van der Waals surface area contributed by atoms with Gasteiger partial charge in [-0.15, -0.1) is 0 Å². The van der Waals surface area contributed by atoms with E-state index in [2.05, 4.69) is 24.0 Å². The number of amides is 1. The van der Waals surface area contributed by atoms with E-state index >= 15 is 0 Å². The number of nitrogens with zero attached hydrogens (tertiary/aromatic N) is 2. The van der Waals surface area contributed by atoms with Gasteiger partial charge in [0.15, 0.2) is 16.7 Å². The van der Waals surface area contributed by atoms with E-state index in [1.807, 2.05) is 12.1 Å². The molecule has 2 heterocycles. The maximum atomic E-state index is 13.4. The van der Waals surface area contributed by atoms with E-state index in [-0.39, 0.29) is 17.2 Å². The number of aliphatic imine (C=N–C) groups is 1. The van der Waals surface area contributed by atoms with E-state index in [0.717, 1.165) is 17.7 Å². The Morgan fingerprint density at radius 1 is 1.00 bits per heavy atom. The minimum Gasteiger partial charge on any atom is -0.493 e. The Balaban J connectivity index is 1.24. The molecular formula is C31H28FN3O4S. The molecule has 0 aromatic heterocycles. The number of hydrogen-bond acceptors (Lipinski definition) is 6. The van der Waals surface area contributed by atoms with Gasteiger partial charge >= 0.3 is 0 Å². The molecule has 0 bridgehead atoms. The highest BCUT2D eigenvalue weighted by atomic mass is 32.2. The molecule has 5 rings (SSSR count). The maximum absolute atomic E-state index is 13.4. The number of aryl methyl sites for hydroxylation is 1. The van der Waals surface area contributed by atoms with Crippen LogP contribution in [0.4, 0.5) is 4.39 Å². The summed E-state index contributed by atoms with van der Waals surface area (Å²) in [7, 11) is 1.55. The van der Waals surface area contributed by atoms with E-state index in [1.54, 1.807) is 53.8 Å². The first-order chi connectivity index (χ1) is 19.5. The van der Waals surface area contributed by atoms with Gasteiger partial charge in [0, 0.05) is 11.8 Å². The average molecular weight is 558 g/mol. The van der Waals surface area contributed by atoms with Crippen molar-refractivity contribution in [2.75, 3.05) is 20.3 Å². The number of carbonyl (C=O) groups is 1. The second kappa shape index (κ2) is 12.2. The smallest absolute Gasteiger partial charge is 0.283 e. The monoisotopic (exact) mass is 557 g/mol. The third-order valence-electron chi connectivity index (χ3n) is 6.40. The summed E-state index contributed by atoms with van der Waals surface area (Å²) < 4.78 is 30.7. The van der Waals surface area contributed by atoms with E-state index in [1.165, 1.54) is 29.5 Å². The van der Waals surface area contributed by atoms with Crippen molar-refractivity contribution >= 4 is 40.4 Å². The van der Waals surface area contributed by atoms with Crippen LogP contribution in [0, 0.1) is 11.2 Å². The Hall–Kier alpha value is -4.37. The van der Waals surface area contributed by atoms with Gasteiger partial charge in [-0.3, -0.25) is 15.1 Å². The number of ether oxygens (including phenoxy) is 3. The van der Waals surface area contributed by atoms with Crippen LogP contribution >= 0.6 is 11.8 Å². The van der Waals surface area contributed by atoms with Crippen LogP contribution in [0.5, 0.6) is 17.2 Å². The zero-order valence-electron chi connectivity index (χ0n) is 22.1. The van der Waals surface area contributed by atoms with Crippen molar-refractivity contribution in [3.8, 4) is 17.2 Å². The fourth-order valence-corrected chi connectivity index (χ4v) is 5.13. The minimum atomic E-state index is -0.499. The lowest BCUT2D eigenvalue weighted by atomic mass is 10.1. The fourth-order valence-electron chi connectivity index (χ4n) is 4.24. The molecule has 0 fully saturated rings. The Morgan fingerprint density at radius 2 is 1.75 bits per heavy atom. The predicted molar refractivity (Wildman–Crippen MR) is 156 cm³/mol. The van der Waals surface area contributed by atoms with Crippen molar-refractivity contribution in [3.05, 3.63) is 100 Å². The SMILES string of the molecule is CCc1ccc(OCCCOc2ccc(/C=C3/C(=N)N4C(c5ccc(F)cc5)=CSC4=NC3=O)cc2OC)cc1. The second-order valence-electron chi connectivity index (χ2n) is 9.03. The molecule has 3 aromatic carbocycles. The van der Waals surface area contributed by atoms with Crippen LogP contribution in [0.25, 0.3) is 11.8 Å². The summed E-state index contributed by atoms with van der Waals surface area (Å²) in [5.74, 6) is 1.06. The zero-order chi connectivity index (χ0) is 28.1. The van der Waals surface area contributed by atoms with E-state index in [9.17, 15) is 9.18 Å². The standard InChI is InChI=1S/C31H28FN3O4S/c1-3-20-5-12-24(13-6-20)38-15-4-16-39-27-14-7-21(18-28(27)37-2)17-25-29(33)35-26(19-40-31(35)34-30(25)36)22-8-10-23(32)11-9-22/h5-14,17-19,33H,3-4,15-16H2,1-2H3/b25-17-,33-29?. The van der Waals surface area contributed by atoms with Crippen molar-refractivity contribution < 1.29 is 23.4 Å². The highest BCUT2D eigenvalue weighted by molar-refractivity contribution is 8.17. The number of nitrogens with one attached hydrogen (secondary N) is 1. The van der Waals surface area contributed by atoms with E-state index in [0.29, 0.717) is 47.6 Å². The van der Waals surface area contributed by atoms with E-state index < -0.39 is 5.91 Å². The molecule has 1 N–H and O–H groups in total. The lowest BCUT2D eigenvalue weighted by Crippen LogP contribution is -2.38. The number of halogens is 1. The van der Waals surface area contributed by atoms with Crippen LogP contribution in [0.15, 0.2) is 82.7 Å². The summed E-state index contributed by atoms with van der Waals surface area (Å²) in [5.41, 5.74) is 3.45. The summed E-state index contributed by atoms with van der Waals surface area (Å²) >= 11 is 1.25. The topological polar surface area (TPSA) is 84.2 Å². The lowest BCUT2D eigenvalue weighted by molar-refractivity contribution is -0.114. The van der Waals surface area contributed by atoms with Crippen LogP contribution < -0.4 is 14.2 Å². The first-order valence-corrected chi connectivity index (χ1v) is 13.7. The first-order valence-electron chi connectivity index (χ1n) is 12.9. The molecule has 0 saturated carbocycles. The molecule has 0 atom stereocenters. The van der Waals surface area contributed by atoms with Gasteiger partial charge in [-0.2, -0.15) is 4.99 Å². The predicted octanol–water partition coefficient (Wildman–Crippen LogP) is 6.55. The largest absolute Gasteiger partial charge is 0.493 e. The van der Waals surface area contributed by atoms with Gasteiger partial charge in [0.05, 0.1) is 31.6 Å². The number of benzene rings is 3. The molecular weight excluding hydrogens is 529 g/mol. The number of hydrogen-bond donors (Lipinski definition) is 1. The molecule has 3 aromatic rings.